The summed E-state index contributed by atoms with van der Waals surface area (Å²) in [6.07, 6.45) is 21.4. The molecule has 0 aliphatic carbocycles. The van der Waals surface area contributed by atoms with Crippen LogP contribution in [0.2, 0.25) is 0 Å². The number of aromatic nitrogens is 5. The van der Waals surface area contributed by atoms with Gasteiger partial charge in [-0.2, -0.15) is 5.10 Å². The third-order valence-electron chi connectivity index (χ3n) is 28.2. The average Bonchev–Trinajstić information content (AvgIpc) is 1.58. The topological polar surface area (TPSA) is 46.1 Å². The molecule has 13 aromatic heterocycles. The first-order valence-corrected chi connectivity index (χ1v) is 54.7. The van der Waals surface area contributed by atoms with E-state index in [-0.39, 0.29) is 12.1 Å². The zero-order valence-corrected chi connectivity index (χ0v) is 85.6. The Bertz CT molecular complexity index is 9350. The molecule has 0 bridgehead atoms. The van der Waals surface area contributed by atoms with Crippen molar-refractivity contribution in [1.29, 1.82) is 0 Å². The van der Waals surface area contributed by atoms with Crippen LogP contribution in [0.4, 0.5) is 0 Å². The standard InChI is InChI=1S/3C28H19NS.C27H20N2S.C27H18N2S/c1-3-11-20(12-4-1)26-25(19-22-15-9-10-18-29(22)26)28-24-17-8-7-16-23(24)27(30-28)21-13-5-2-6-14-21;1-3-11-20(12-4-1)26-24(19-29-18-10-9-17-25(26)29)28-23-16-8-7-15-22(23)27(30-28)21-13-5-2-6-14-21;1-3-11-20(12-4-1)24-19-29-18-10-9-17-25(29)26(24)28-23-16-8-7-15-22(23)27(30-28)21-13-5-2-6-14-21;1-3-11-19(12-4-1)25-24(28-23-17-9-10-18-29(23)25)27-22-16-8-7-15-21(22)26(30-27)20-13-5-2-6-14-20;1-3-11-19(12-4-1)25-24(23-17-9-10-18-29(23)28-25)27-22-16-8-7-15-21(22)26(30-27)20-13-5-2-6-14-20/h3*1-19H;1-18,24-25H;1-18H. The summed E-state index contributed by atoms with van der Waals surface area (Å²) in [5, 5.41) is 18.1. The van der Waals surface area contributed by atoms with Crippen molar-refractivity contribution in [3.05, 3.63) is 576 Å². The molecule has 15 aromatic carbocycles. The Morgan fingerprint density at radius 1 is 0.233 bits per heavy atom. The zero-order chi connectivity index (χ0) is 99.6. The molecule has 2 atom stereocenters. The second kappa shape index (κ2) is 41.1. The third kappa shape index (κ3) is 17.5. The summed E-state index contributed by atoms with van der Waals surface area (Å²) >= 11 is 9.41. The van der Waals surface area contributed by atoms with E-state index in [1.807, 2.05) is 79.5 Å². The number of nitrogens with zero attached hydrogens (tertiary/aromatic N) is 7. The molecule has 2 unspecified atom stereocenters. The number of amidine groups is 1. The number of rotatable bonds is 15. The maximum absolute atomic E-state index is 5.21. The van der Waals surface area contributed by atoms with E-state index in [0.29, 0.717) is 0 Å². The van der Waals surface area contributed by atoms with Gasteiger partial charge in [0.15, 0.2) is 0 Å². The van der Waals surface area contributed by atoms with Crippen molar-refractivity contribution in [3.8, 4) is 139 Å². The summed E-state index contributed by atoms with van der Waals surface area (Å²) < 4.78 is 8.79. The van der Waals surface area contributed by atoms with E-state index in [1.165, 1.54) is 208 Å². The lowest BCUT2D eigenvalue weighted by Crippen LogP contribution is -2.26. The number of benzene rings is 15. The molecule has 0 amide bonds. The van der Waals surface area contributed by atoms with Crippen LogP contribution in [0.25, 0.3) is 215 Å². The van der Waals surface area contributed by atoms with E-state index in [1.54, 1.807) is 0 Å². The SMILES string of the molecule is C1=CC2=NC(c3sc(-c4ccccc4)c4ccccc34)C(c3ccccc3)N2C=C1.c1ccc(-c2cn3ccccc3c2-c2sc(-c3ccccc3)c3ccccc23)cc1.c1ccc(-c2nn3ccccc3c2-c2sc(-c3ccccc3)c3ccccc23)cc1.c1ccc(-c2sc(-c3cc4ccccn4c3-c3ccccc3)c3ccccc23)cc1.c1ccc(-c2sc(-c3cn4ccccc4c3-c3ccccc3)c3ccccc23)cc1. The van der Waals surface area contributed by atoms with Crippen molar-refractivity contribution < 1.29 is 0 Å². The highest BCUT2D eigenvalue weighted by Crippen LogP contribution is 2.56. The van der Waals surface area contributed by atoms with Crippen molar-refractivity contribution in [2.75, 3.05) is 0 Å². The fraction of sp³-hybridized carbons (Fsp3) is 0.0145. The summed E-state index contributed by atoms with van der Waals surface area (Å²) in [5.41, 5.74) is 27.2. The Labute approximate surface area is 890 Å². The fourth-order valence-electron chi connectivity index (χ4n) is 21.5. The van der Waals surface area contributed by atoms with Crippen molar-refractivity contribution in [3.63, 3.8) is 0 Å². The predicted molar refractivity (Wildman–Crippen MR) is 641 cm³/mol. The summed E-state index contributed by atoms with van der Waals surface area (Å²) in [4.78, 5) is 20.7. The fourth-order valence-corrected chi connectivity index (χ4v) is 28.1. The molecular weight excluding hydrogens is 1920 g/mol. The molecule has 30 rings (SSSR count). The molecule has 12 heteroatoms. The highest BCUT2D eigenvalue weighted by Gasteiger charge is 2.40. The Kier molecular flexibility index (Phi) is 25.2. The van der Waals surface area contributed by atoms with Gasteiger partial charge in [-0.1, -0.05) is 455 Å². The van der Waals surface area contributed by atoms with Crippen LogP contribution in [-0.4, -0.2) is 33.6 Å². The zero-order valence-electron chi connectivity index (χ0n) is 81.5. The van der Waals surface area contributed by atoms with Gasteiger partial charge in [0.2, 0.25) is 0 Å². The molecule has 7 nitrogen and oxygen atoms in total. The third-order valence-corrected chi connectivity index (χ3v) is 34.8. The largest absolute Gasteiger partial charge is 0.323 e. The lowest BCUT2D eigenvalue weighted by Gasteiger charge is -2.28. The van der Waals surface area contributed by atoms with E-state index in [0.717, 1.165) is 22.6 Å². The summed E-state index contributed by atoms with van der Waals surface area (Å²) in [5.74, 6) is 1.04. The van der Waals surface area contributed by atoms with E-state index in [2.05, 4.69) is 565 Å². The quantitative estimate of drug-likeness (QED) is 0.103. The number of hydrogen-bond donors (Lipinski definition) is 0. The molecule has 28 aromatic rings. The van der Waals surface area contributed by atoms with Gasteiger partial charge in [0.25, 0.3) is 0 Å². The van der Waals surface area contributed by atoms with Crippen molar-refractivity contribution in [1.82, 2.24) is 27.7 Å². The molecule has 0 saturated heterocycles. The predicted octanol–water partition coefficient (Wildman–Crippen LogP) is 39.2. The Balaban J connectivity index is 0.0000000945. The van der Waals surface area contributed by atoms with Crippen LogP contribution in [0.15, 0.2) is 570 Å². The lowest BCUT2D eigenvalue weighted by atomic mass is 9.96. The Morgan fingerprint density at radius 3 is 1.05 bits per heavy atom. The van der Waals surface area contributed by atoms with Gasteiger partial charge in [-0.05, 0) is 122 Å². The average molecular weight is 2010 g/mol. The van der Waals surface area contributed by atoms with Crippen LogP contribution in [0, 0.1) is 0 Å². The van der Waals surface area contributed by atoms with E-state index >= 15 is 0 Å². The van der Waals surface area contributed by atoms with Gasteiger partial charge in [0.1, 0.15) is 17.6 Å². The molecule has 712 valence electrons. The molecule has 0 saturated carbocycles. The van der Waals surface area contributed by atoms with Gasteiger partial charge < -0.3 is 18.1 Å². The summed E-state index contributed by atoms with van der Waals surface area (Å²) in [6, 6.07) is 179. The molecule has 2 aliphatic rings. The van der Waals surface area contributed by atoms with Gasteiger partial charge in [-0.3, -0.25) is 4.99 Å². The van der Waals surface area contributed by atoms with Crippen molar-refractivity contribution in [2.24, 2.45) is 4.99 Å². The monoisotopic (exact) mass is 2010 g/mol. The van der Waals surface area contributed by atoms with Gasteiger partial charge in [0, 0.05) is 185 Å². The summed E-state index contributed by atoms with van der Waals surface area (Å²) in [6.45, 7) is 0. The van der Waals surface area contributed by atoms with Crippen LogP contribution < -0.4 is 0 Å². The molecule has 15 heterocycles. The van der Waals surface area contributed by atoms with Gasteiger partial charge in [-0.15, -0.1) is 56.7 Å². The molecule has 0 fully saturated rings. The highest BCUT2D eigenvalue weighted by atomic mass is 32.1. The van der Waals surface area contributed by atoms with Crippen molar-refractivity contribution >= 4 is 138 Å². The van der Waals surface area contributed by atoms with Crippen LogP contribution in [0.5, 0.6) is 0 Å². The first kappa shape index (κ1) is 91.9. The second-order valence-electron chi connectivity index (χ2n) is 37.2. The van der Waals surface area contributed by atoms with Gasteiger partial charge in [0.05, 0.1) is 28.3 Å². The molecule has 0 radical (unpaired) electrons. The molecule has 0 N–H and O–H groups in total. The molecule has 0 spiro atoms. The van der Waals surface area contributed by atoms with Gasteiger partial charge in [-0.25, -0.2) is 4.52 Å². The minimum Gasteiger partial charge on any atom is -0.323 e. The number of fused-ring (bicyclic) bond motifs is 10. The first-order chi connectivity index (χ1) is 74.5. The van der Waals surface area contributed by atoms with Crippen LogP contribution in [0.3, 0.4) is 0 Å². The number of thiophene rings is 5. The van der Waals surface area contributed by atoms with Crippen LogP contribution in [-0.2, 0) is 0 Å². The second-order valence-corrected chi connectivity index (χ2v) is 42.4. The number of pyridine rings is 4. The smallest absolute Gasteiger partial charge is 0.128 e. The minimum atomic E-state index is 0.0576. The maximum atomic E-state index is 5.21. The first-order valence-electron chi connectivity index (χ1n) is 50.6. The Morgan fingerprint density at radius 2 is 0.573 bits per heavy atom. The van der Waals surface area contributed by atoms with E-state index in [9.17, 15) is 0 Å². The lowest BCUT2D eigenvalue weighted by molar-refractivity contribution is 0.400. The number of hydrogen-bond acceptors (Lipinski definition) is 8. The number of allylic oxidation sites excluding steroid dienone is 2. The minimum absolute atomic E-state index is 0.0576. The number of aliphatic imine (C=N–C) groups is 1. The van der Waals surface area contributed by atoms with E-state index in [4.69, 9.17) is 10.1 Å². The summed E-state index contributed by atoms with van der Waals surface area (Å²) in [7, 11) is 0. The van der Waals surface area contributed by atoms with Crippen molar-refractivity contribution in [2.45, 2.75) is 12.1 Å². The van der Waals surface area contributed by atoms with Crippen LogP contribution >= 0.6 is 56.7 Å². The Hall–Kier alpha value is -18.0. The molecule has 150 heavy (non-hydrogen) atoms. The molecular formula is C138H95N7S5. The normalized spacial score (nSPS) is 13.0. The highest BCUT2D eigenvalue weighted by molar-refractivity contribution is 7.22. The van der Waals surface area contributed by atoms with Gasteiger partial charge >= 0.3 is 0 Å². The van der Waals surface area contributed by atoms with E-state index < -0.39 is 0 Å². The van der Waals surface area contributed by atoms with Crippen LogP contribution in [0.1, 0.15) is 22.5 Å². The molecule has 2 aliphatic heterocycles. The maximum Gasteiger partial charge on any atom is 0.128 e.